The van der Waals surface area contributed by atoms with Crippen molar-refractivity contribution in [1.82, 2.24) is 0 Å². The number of allylic oxidation sites excluding steroid dienone is 1. The molecule has 7 fully saturated rings. The number of furan rings is 1. The number of hydrogen-bond acceptors (Lipinski definition) is 14. The normalized spacial score (nSPS) is 49.2. The quantitative estimate of drug-likeness (QED) is 0.175. The zero-order valence-electron chi connectivity index (χ0n) is 31.0. The van der Waals surface area contributed by atoms with Crippen LogP contribution in [0.3, 0.4) is 0 Å². The van der Waals surface area contributed by atoms with Gasteiger partial charge in [0.05, 0.1) is 30.8 Å². The topological polar surface area (TPSA) is 186 Å². The molecule has 2 N–H and O–H groups in total. The average molecular weight is 729 g/mol. The molecule has 14 heteroatoms. The van der Waals surface area contributed by atoms with Gasteiger partial charge in [0, 0.05) is 67.3 Å². The fourth-order valence-corrected chi connectivity index (χ4v) is 13.1. The van der Waals surface area contributed by atoms with Gasteiger partial charge >= 0.3 is 23.9 Å². The van der Waals surface area contributed by atoms with Crippen LogP contribution in [0, 0.1) is 34.0 Å². The molecule has 5 bridgehead atoms. The van der Waals surface area contributed by atoms with Crippen LogP contribution < -0.4 is 0 Å². The van der Waals surface area contributed by atoms with Crippen LogP contribution in [0.25, 0.3) is 0 Å². The molecule has 3 aliphatic heterocycles. The van der Waals surface area contributed by atoms with Crippen molar-refractivity contribution in [3.8, 4) is 0 Å². The highest BCUT2D eigenvalue weighted by Crippen LogP contribution is 2.87. The minimum Gasteiger partial charge on any atom is -0.511 e. The molecule has 1 aromatic rings. The van der Waals surface area contributed by atoms with Crippen LogP contribution in [0.15, 0.2) is 34.3 Å². The van der Waals surface area contributed by atoms with Crippen molar-refractivity contribution >= 4 is 23.9 Å². The molecule has 8 rings (SSSR count). The van der Waals surface area contributed by atoms with E-state index in [1.54, 1.807) is 26.8 Å². The first-order valence-electron chi connectivity index (χ1n) is 18.1. The van der Waals surface area contributed by atoms with Gasteiger partial charge in [-0.1, -0.05) is 34.6 Å². The van der Waals surface area contributed by atoms with Crippen molar-refractivity contribution in [2.75, 3.05) is 7.11 Å². The van der Waals surface area contributed by atoms with Crippen molar-refractivity contribution in [3.63, 3.8) is 0 Å². The van der Waals surface area contributed by atoms with Crippen LogP contribution in [0.4, 0.5) is 0 Å². The Labute approximate surface area is 301 Å². The largest absolute Gasteiger partial charge is 0.511 e. The minimum absolute atomic E-state index is 0.110. The number of esters is 4. The summed E-state index contributed by atoms with van der Waals surface area (Å²) in [5.41, 5.74) is -9.98. The maximum Gasteiger partial charge on any atom is 0.338 e. The van der Waals surface area contributed by atoms with Gasteiger partial charge in [0.25, 0.3) is 5.97 Å². The zero-order valence-corrected chi connectivity index (χ0v) is 31.0. The Balaban J connectivity index is 1.52. The number of carbonyl (C=O) groups excluding carboxylic acids is 4. The molecule has 0 amide bonds. The van der Waals surface area contributed by atoms with Crippen LogP contribution in [-0.2, 0) is 52.3 Å². The van der Waals surface area contributed by atoms with Gasteiger partial charge in [-0.25, -0.2) is 4.79 Å². The van der Waals surface area contributed by atoms with E-state index in [-0.39, 0.29) is 43.4 Å². The molecule has 0 radical (unpaired) electrons. The van der Waals surface area contributed by atoms with Gasteiger partial charge in [-0.2, -0.15) is 0 Å². The van der Waals surface area contributed by atoms with Crippen molar-refractivity contribution in [1.29, 1.82) is 0 Å². The monoisotopic (exact) mass is 728 g/mol. The SMILES string of the molecule is COC(=O)CC1C2(C)CC34CC(O)(C2OC(C)=O)C2OC(=O)/C(=C(\O)C(C)C)C5C(C)(C(OC(C)=O)c6ccoc6)CCC6(OC(C)(O3)OC526)C14C. The Morgan fingerprint density at radius 3 is 2.33 bits per heavy atom. The molecule has 1 aromatic heterocycles. The van der Waals surface area contributed by atoms with E-state index in [1.807, 2.05) is 20.8 Å². The highest BCUT2D eigenvalue weighted by molar-refractivity contribution is 5.92. The van der Waals surface area contributed by atoms with Crippen molar-refractivity contribution in [2.45, 2.75) is 134 Å². The number of rotatable bonds is 7. The predicted octanol–water partition coefficient (Wildman–Crippen LogP) is 4.34. The Kier molecular flexibility index (Phi) is 7.11. The smallest absolute Gasteiger partial charge is 0.338 e. The fraction of sp³-hybridized carbons (Fsp3) is 0.737. The second kappa shape index (κ2) is 10.4. The molecule has 4 heterocycles. The maximum absolute atomic E-state index is 14.7. The van der Waals surface area contributed by atoms with E-state index in [2.05, 4.69) is 0 Å². The molecule has 3 saturated heterocycles. The molecule has 7 aliphatic rings. The Hall–Kier alpha value is -3.46. The third kappa shape index (κ3) is 3.79. The number of methoxy groups -OCH3 is 1. The minimum atomic E-state index is -2.17. The van der Waals surface area contributed by atoms with E-state index >= 15 is 0 Å². The predicted molar refractivity (Wildman–Crippen MR) is 174 cm³/mol. The van der Waals surface area contributed by atoms with E-state index < -0.39 is 105 Å². The third-order valence-electron chi connectivity index (χ3n) is 14.4. The molecular formula is C38H48O14. The Morgan fingerprint density at radius 2 is 1.73 bits per heavy atom. The van der Waals surface area contributed by atoms with Crippen LogP contribution in [0.1, 0.15) is 99.2 Å². The molecule has 284 valence electrons. The summed E-state index contributed by atoms with van der Waals surface area (Å²) in [6.07, 6.45) is -0.616. The van der Waals surface area contributed by atoms with Crippen molar-refractivity contribution in [3.05, 3.63) is 35.5 Å². The second-order valence-electron chi connectivity index (χ2n) is 17.4. The van der Waals surface area contributed by atoms with E-state index in [0.29, 0.717) is 5.56 Å². The van der Waals surface area contributed by atoms with Crippen molar-refractivity contribution in [2.24, 2.45) is 34.0 Å². The molecule has 14 nitrogen and oxygen atoms in total. The van der Waals surface area contributed by atoms with Crippen molar-refractivity contribution < 1.29 is 67.0 Å². The number of carbonyl (C=O) groups is 4. The first kappa shape index (κ1) is 35.6. The summed E-state index contributed by atoms with van der Waals surface area (Å²) < 4.78 is 51.0. The standard InChI is InChI=1S/C38H48O14/c1-18(2)25(42)24-26-31(5,27(47-19(3)39)21-10-13-46-15-21)11-12-37-33(7)22(14-23(41)45-9)32(6)16-35(33)17-36(44,29(32)48-20(4)40)30(49-28(24)43)38(26,37)52-34(8,50-35)51-37/h10,13,15,18,22,26-27,29-30,42,44H,11-12,14,16-17H2,1-9H3/b25-24-. The lowest BCUT2D eigenvalue weighted by Gasteiger charge is -2.69. The lowest BCUT2D eigenvalue weighted by atomic mass is 9.40. The number of ether oxygens (including phenoxy) is 7. The van der Waals surface area contributed by atoms with E-state index in [4.69, 9.17) is 37.6 Å². The maximum atomic E-state index is 14.7. The van der Waals surface area contributed by atoms with Gasteiger partial charge in [0.2, 0.25) is 0 Å². The number of hydrogen-bond donors (Lipinski definition) is 2. The second-order valence-corrected chi connectivity index (χ2v) is 17.4. The third-order valence-corrected chi connectivity index (χ3v) is 14.4. The van der Waals surface area contributed by atoms with Crippen LogP contribution in [0.2, 0.25) is 0 Å². The molecule has 3 spiro atoms. The molecule has 52 heavy (non-hydrogen) atoms. The van der Waals surface area contributed by atoms with Gasteiger partial charge in [-0.3, -0.25) is 14.4 Å². The number of aliphatic hydroxyl groups excluding tert-OH is 1. The molecule has 13 atom stereocenters. The summed E-state index contributed by atoms with van der Waals surface area (Å²) in [4.78, 5) is 54.1. The van der Waals surface area contributed by atoms with Gasteiger partial charge in [0.1, 0.15) is 29.2 Å². The van der Waals surface area contributed by atoms with Gasteiger partial charge < -0.3 is 47.8 Å². The summed E-state index contributed by atoms with van der Waals surface area (Å²) in [7, 11) is 1.30. The average Bonchev–Trinajstić information content (AvgIpc) is 3.69. The summed E-state index contributed by atoms with van der Waals surface area (Å²) in [6, 6.07) is 1.67. The van der Waals surface area contributed by atoms with Gasteiger partial charge in [0.15, 0.2) is 11.7 Å². The van der Waals surface area contributed by atoms with Gasteiger partial charge in [-0.05, 0) is 31.2 Å². The van der Waals surface area contributed by atoms with E-state index in [1.165, 1.54) is 33.5 Å². The lowest BCUT2D eigenvalue weighted by Crippen LogP contribution is -2.83. The van der Waals surface area contributed by atoms with Crippen LogP contribution in [0.5, 0.6) is 0 Å². The highest BCUT2D eigenvalue weighted by atomic mass is 16.9. The first-order valence-corrected chi connectivity index (χ1v) is 18.1. The molecule has 4 saturated carbocycles. The number of aliphatic hydroxyl groups is 2. The summed E-state index contributed by atoms with van der Waals surface area (Å²) >= 11 is 0. The van der Waals surface area contributed by atoms with Crippen LogP contribution in [-0.4, -0.2) is 81.8 Å². The summed E-state index contributed by atoms with van der Waals surface area (Å²) in [5, 5.41) is 25.6. The molecular weight excluding hydrogens is 680 g/mol. The Bertz CT molecular complexity index is 1800. The fourth-order valence-electron chi connectivity index (χ4n) is 13.1. The first-order chi connectivity index (χ1) is 24.2. The highest BCUT2D eigenvalue weighted by Gasteiger charge is 2.98. The number of fused-ring (bicyclic) bond motifs is 4. The summed E-state index contributed by atoms with van der Waals surface area (Å²) in [5.74, 6) is -7.19. The molecule has 0 aromatic carbocycles. The lowest BCUT2D eigenvalue weighted by molar-refractivity contribution is -0.448. The molecule has 4 aliphatic carbocycles. The van der Waals surface area contributed by atoms with E-state index in [9.17, 15) is 29.4 Å². The van der Waals surface area contributed by atoms with Crippen LogP contribution >= 0.6 is 0 Å². The van der Waals surface area contributed by atoms with E-state index in [0.717, 1.165) is 0 Å². The molecule has 13 unspecified atom stereocenters. The van der Waals surface area contributed by atoms with Gasteiger partial charge in [-0.15, -0.1) is 0 Å². The summed E-state index contributed by atoms with van der Waals surface area (Å²) in [6.45, 7) is 13.3. The Morgan fingerprint density at radius 1 is 1.02 bits per heavy atom. The zero-order chi connectivity index (χ0) is 37.8.